The van der Waals surface area contributed by atoms with Crippen molar-refractivity contribution in [2.75, 3.05) is 38.1 Å². The zero-order valence-corrected chi connectivity index (χ0v) is 16.9. The first kappa shape index (κ1) is 18.1. The smallest absolute Gasteiger partial charge is 0.155 e. The van der Waals surface area contributed by atoms with Crippen LogP contribution in [0.4, 0.5) is 5.82 Å². The molecular formula is C22H21ClN6. The summed E-state index contributed by atoms with van der Waals surface area (Å²) in [7, 11) is 2.15. The summed E-state index contributed by atoms with van der Waals surface area (Å²) in [5.41, 5.74) is 4.44. The van der Waals surface area contributed by atoms with Gasteiger partial charge >= 0.3 is 0 Å². The van der Waals surface area contributed by atoms with Crippen LogP contribution in [0.1, 0.15) is 0 Å². The summed E-state index contributed by atoms with van der Waals surface area (Å²) in [5.74, 6) is 0.962. The molecule has 146 valence electrons. The molecule has 0 spiro atoms. The molecule has 0 aliphatic carbocycles. The minimum absolute atomic E-state index is 0.672. The molecule has 0 N–H and O–H groups in total. The lowest BCUT2D eigenvalue weighted by Gasteiger charge is -2.33. The number of aromatic nitrogens is 4. The number of hydrogen-bond acceptors (Lipinski definition) is 5. The van der Waals surface area contributed by atoms with Crippen molar-refractivity contribution in [3.8, 4) is 22.5 Å². The molecule has 0 atom stereocenters. The highest BCUT2D eigenvalue weighted by Gasteiger charge is 2.21. The van der Waals surface area contributed by atoms with Crippen molar-refractivity contribution < 1.29 is 0 Å². The Hall–Kier alpha value is -2.96. The molecule has 0 saturated carbocycles. The molecule has 1 fully saturated rings. The van der Waals surface area contributed by atoms with E-state index in [4.69, 9.17) is 21.7 Å². The fourth-order valence-electron chi connectivity index (χ4n) is 3.74. The lowest BCUT2D eigenvalue weighted by atomic mass is 10.1. The number of fused-ring (bicyclic) bond motifs is 1. The highest BCUT2D eigenvalue weighted by molar-refractivity contribution is 6.33. The van der Waals surface area contributed by atoms with E-state index in [0.29, 0.717) is 5.02 Å². The van der Waals surface area contributed by atoms with Gasteiger partial charge < -0.3 is 9.80 Å². The Morgan fingerprint density at radius 2 is 1.66 bits per heavy atom. The van der Waals surface area contributed by atoms with Crippen molar-refractivity contribution >= 4 is 23.1 Å². The summed E-state index contributed by atoms with van der Waals surface area (Å²) < 4.78 is 1.93. The molecule has 1 aromatic carbocycles. The SMILES string of the molecule is CN1CCN(c2ccc3nc(-c4ccccc4Cl)c(-c4ccncc4)n3n2)CC1. The van der Waals surface area contributed by atoms with Crippen LogP contribution in [0.3, 0.4) is 0 Å². The van der Waals surface area contributed by atoms with Gasteiger partial charge in [0, 0.05) is 49.7 Å². The van der Waals surface area contributed by atoms with Crippen LogP contribution in [0.5, 0.6) is 0 Å². The van der Waals surface area contributed by atoms with Gasteiger partial charge in [-0.25, -0.2) is 9.50 Å². The third-order valence-corrected chi connectivity index (χ3v) is 5.70. The van der Waals surface area contributed by atoms with Crippen molar-refractivity contribution in [1.29, 1.82) is 0 Å². The van der Waals surface area contributed by atoms with Gasteiger partial charge in [0.2, 0.25) is 0 Å². The fourth-order valence-corrected chi connectivity index (χ4v) is 3.96. The van der Waals surface area contributed by atoms with Gasteiger partial charge in [0.05, 0.1) is 5.02 Å². The van der Waals surface area contributed by atoms with E-state index in [0.717, 1.165) is 60.2 Å². The minimum Gasteiger partial charge on any atom is -0.353 e. The second-order valence-corrected chi connectivity index (χ2v) is 7.68. The van der Waals surface area contributed by atoms with Gasteiger partial charge in [0.15, 0.2) is 5.65 Å². The van der Waals surface area contributed by atoms with Gasteiger partial charge in [0.25, 0.3) is 0 Å². The van der Waals surface area contributed by atoms with Gasteiger partial charge in [-0.15, -0.1) is 5.10 Å². The Balaban J connectivity index is 1.70. The van der Waals surface area contributed by atoms with Crippen LogP contribution in [0, 0.1) is 0 Å². The molecule has 6 nitrogen and oxygen atoms in total. The normalized spacial score (nSPS) is 15.2. The number of anilines is 1. The molecule has 3 aromatic heterocycles. The number of pyridine rings is 1. The number of hydrogen-bond donors (Lipinski definition) is 0. The van der Waals surface area contributed by atoms with Crippen LogP contribution in [-0.2, 0) is 0 Å². The lowest BCUT2D eigenvalue weighted by Crippen LogP contribution is -2.44. The van der Waals surface area contributed by atoms with Crippen LogP contribution < -0.4 is 4.90 Å². The van der Waals surface area contributed by atoms with E-state index in [2.05, 4.69) is 27.9 Å². The van der Waals surface area contributed by atoms with Crippen molar-refractivity contribution in [3.63, 3.8) is 0 Å². The number of imidazole rings is 1. The molecule has 4 aromatic rings. The van der Waals surface area contributed by atoms with E-state index < -0.39 is 0 Å². The van der Waals surface area contributed by atoms with E-state index >= 15 is 0 Å². The van der Waals surface area contributed by atoms with Crippen molar-refractivity contribution in [2.45, 2.75) is 0 Å². The summed E-state index contributed by atoms with van der Waals surface area (Å²) in [6.45, 7) is 3.99. The maximum Gasteiger partial charge on any atom is 0.155 e. The second-order valence-electron chi connectivity index (χ2n) is 7.28. The number of rotatable bonds is 3. The van der Waals surface area contributed by atoms with Gasteiger partial charge in [0.1, 0.15) is 17.2 Å². The zero-order valence-electron chi connectivity index (χ0n) is 16.2. The fraction of sp³-hybridized carbons (Fsp3) is 0.227. The first-order valence-electron chi connectivity index (χ1n) is 9.69. The topological polar surface area (TPSA) is 49.6 Å². The summed E-state index contributed by atoms with van der Waals surface area (Å²) in [4.78, 5) is 13.7. The largest absolute Gasteiger partial charge is 0.353 e. The monoisotopic (exact) mass is 404 g/mol. The third kappa shape index (κ3) is 3.34. The average Bonchev–Trinajstić information content (AvgIpc) is 3.13. The average molecular weight is 405 g/mol. The summed E-state index contributed by atoms with van der Waals surface area (Å²) >= 11 is 6.52. The molecule has 0 radical (unpaired) electrons. The summed E-state index contributed by atoms with van der Waals surface area (Å²) in [5, 5.41) is 5.65. The molecule has 7 heteroatoms. The van der Waals surface area contributed by atoms with Gasteiger partial charge in [-0.05, 0) is 37.4 Å². The van der Waals surface area contributed by atoms with Crippen LogP contribution in [0.2, 0.25) is 5.02 Å². The van der Waals surface area contributed by atoms with E-state index in [-0.39, 0.29) is 0 Å². The number of benzene rings is 1. The summed E-state index contributed by atoms with van der Waals surface area (Å²) in [6.07, 6.45) is 3.57. The van der Waals surface area contributed by atoms with Crippen LogP contribution in [-0.4, -0.2) is 57.7 Å². The Kier molecular flexibility index (Phi) is 4.66. The molecule has 1 aliphatic heterocycles. The quantitative estimate of drug-likeness (QED) is 0.519. The summed E-state index contributed by atoms with van der Waals surface area (Å²) in [6, 6.07) is 15.8. The van der Waals surface area contributed by atoms with Crippen molar-refractivity contribution in [1.82, 2.24) is 24.5 Å². The maximum absolute atomic E-state index is 6.52. The molecule has 29 heavy (non-hydrogen) atoms. The van der Waals surface area contributed by atoms with E-state index in [9.17, 15) is 0 Å². The Morgan fingerprint density at radius 3 is 2.41 bits per heavy atom. The molecule has 0 unspecified atom stereocenters. The Bertz CT molecular complexity index is 1150. The molecule has 0 bridgehead atoms. The Morgan fingerprint density at radius 1 is 0.897 bits per heavy atom. The van der Waals surface area contributed by atoms with Gasteiger partial charge in [-0.1, -0.05) is 29.8 Å². The van der Waals surface area contributed by atoms with Crippen molar-refractivity contribution in [2.24, 2.45) is 0 Å². The molecular weight excluding hydrogens is 384 g/mol. The van der Waals surface area contributed by atoms with E-state index in [1.54, 1.807) is 12.4 Å². The van der Waals surface area contributed by atoms with Crippen molar-refractivity contribution in [3.05, 3.63) is 65.9 Å². The Labute approximate surface area is 174 Å². The highest BCUT2D eigenvalue weighted by Crippen LogP contribution is 2.36. The number of nitrogens with zero attached hydrogens (tertiary/aromatic N) is 6. The number of piperazine rings is 1. The van der Waals surface area contributed by atoms with Crippen LogP contribution in [0.25, 0.3) is 28.2 Å². The molecule has 5 rings (SSSR count). The van der Waals surface area contributed by atoms with E-state index in [1.807, 2.05) is 47.0 Å². The number of halogens is 1. The standard InChI is InChI=1S/C22H21ClN6/c1-27-12-14-28(15-13-27)20-7-6-19-25-21(17-4-2-3-5-18(17)23)22(29(19)26-20)16-8-10-24-11-9-16/h2-11H,12-15H2,1H3. The molecule has 4 heterocycles. The highest BCUT2D eigenvalue weighted by atomic mass is 35.5. The van der Waals surface area contributed by atoms with Gasteiger partial charge in [-0.3, -0.25) is 4.98 Å². The number of likely N-dealkylation sites (N-methyl/N-ethyl adjacent to an activating group) is 1. The predicted molar refractivity (Wildman–Crippen MR) is 116 cm³/mol. The lowest BCUT2D eigenvalue weighted by molar-refractivity contribution is 0.311. The molecule has 1 saturated heterocycles. The van der Waals surface area contributed by atoms with E-state index in [1.165, 1.54) is 0 Å². The first-order chi connectivity index (χ1) is 14.2. The second kappa shape index (κ2) is 7.46. The molecule has 0 amide bonds. The minimum atomic E-state index is 0.672. The maximum atomic E-state index is 6.52. The van der Waals surface area contributed by atoms with Crippen LogP contribution >= 0.6 is 11.6 Å². The third-order valence-electron chi connectivity index (χ3n) is 5.37. The first-order valence-corrected chi connectivity index (χ1v) is 10.1. The zero-order chi connectivity index (χ0) is 19.8. The molecule has 1 aliphatic rings. The van der Waals surface area contributed by atoms with Crippen LogP contribution in [0.15, 0.2) is 60.9 Å². The van der Waals surface area contributed by atoms with Gasteiger partial charge in [-0.2, -0.15) is 0 Å². The predicted octanol–water partition coefficient (Wildman–Crippen LogP) is 3.86.